The summed E-state index contributed by atoms with van der Waals surface area (Å²) < 4.78 is 26.6. The summed E-state index contributed by atoms with van der Waals surface area (Å²) in [6.45, 7) is 0.530. The number of rotatable bonds is 8. The van der Waals surface area contributed by atoms with Gasteiger partial charge in [-0.2, -0.15) is 16.1 Å². The van der Waals surface area contributed by atoms with Gasteiger partial charge >= 0.3 is 5.97 Å². The first-order valence-corrected chi connectivity index (χ1v) is 11.6. The van der Waals surface area contributed by atoms with Gasteiger partial charge in [-0.15, -0.1) is 11.3 Å². The maximum absolute atomic E-state index is 12.5. The SMILES string of the molecule is CSCCC(NC(=O)C1CCN(S(=O)(=O)c2cccs2)CC1)C(=O)O. The minimum Gasteiger partial charge on any atom is -0.480 e. The Kier molecular flexibility index (Phi) is 7.29. The van der Waals surface area contributed by atoms with Gasteiger partial charge in [0.2, 0.25) is 5.91 Å². The molecular weight excluding hydrogens is 384 g/mol. The Labute approximate surface area is 155 Å². The lowest BCUT2D eigenvalue weighted by molar-refractivity contribution is -0.142. The standard InChI is InChI=1S/C15H22N2O5S3/c1-23-10-6-12(15(19)20)16-14(18)11-4-7-17(8-5-11)25(21,22)13-3-2-9-24-13/h2-3,9,11-12H,4-8,10H2,1H3,(H,16,18)(H,19,20). The van der Waals surface area contributed by atoms with Crippen LogP contribution in [0.4, 0.5) is 0 Å². The van der Waals surface area contributed by atoms with E-state index in [4.69, 9.17) is 0 Å². The summed E-state index contributed by atoms with van der Waals surface area (Å²) in [6.07, 6.45) is 3.04. The number of thiophene rings is 1. The zero-order chi connectivity index (χ0) is 18.4. The van der Waals surface area contributed by atoms with Crippen molar-refractivity contribution in [3.63, 3.8) is 0 Å². The first kappa shape index (κ1) is 20.2. The van der Waals surface area contributed by atoms with E-state index in [1.54, 1.807) is 17.5 Å². The molecule has 2 rings (SSSR count). The fourth-order valence-electron chi connectivity index (χ4n) is 2.68. The van der Waals surface area contributed by atoms with E-state index in [0.29, 0.717) is 29.2 Å². The predicted octanol–water partition coefficient (Wildman–Crippen LogP) is 1.47. The van der Waals surface area contributed by atoms with E-state index in [1.165, 1.54) is 27.4 Å². The molecule has 1 aliphatic heterocycles. The average molecular weight is 407 g/mol. The number of amides is 1. The number of nitrogens with one attached hydrogen (secondary N) is 1. The van der Waals surface area contributed by atoms with E-state index in [9.17, 15) is 23.1 Å². The molecule has 140 valence electrons. The highest BCUT2D eigenvalue weighted by atomic mass is 32.2. The fourth-order valence-corrected chi connectivity index (χ4v) is 5.76. The van der Waals surface area contributed by atoms with Crippen molar-refractivity contribution in [3.05, 3.63) is 17.5 Å². The number of sulfonamides is 1. The summed E-state index contributed by atoms with van der Waals surface area (Å²) in [5.41, 5.74) is 0. The van der Waals surface area contributed by atoms with Crippen LogP contribution in [0.25, 0.3) is 0 Å². The topological polar surface area (TPSA) is 104 Å². The molecule has 10 heteroatoms. The van der Waals surface area contributed by atoms with E-state index >= 15 is 0 Å². The molecule has 25 heavy (non-hydrogen) atoms. The molecule has 1 fully saturated rings. The minimum atomic E-state index is -3.49. The quantitative estimate of drug-likeness (QED) is 0.678. The Bertz CT molecular complexity index is 682. The van der Waals surface area contributed by atoms with Gasteiger partial charge < -0.3 is 10.4 Å². The van der Waals surface area contributed by atoms with Gasteiger partial charge in [0.15, 0.2) is 0 Å². The number of hydrogen-bond donors (Lipinski definition) is 2. The molecule has 1 amide bonds. The normalized spacial score (nSPS) is 18.0. The third kappa shape index (κ3) is 5.19. The molecule has 2 N–H and O–H groups in total. The number of aliphatic carboxylic acids is 1. The van der Waals surface area contributed by atoms with Gasteiger partial charge in [-0.3, -0.25) is 4.79 Å². The molecule has 0 aromatic carbocycles. The molecule has 0 spiro atoms. The molecule has 1 atom stereocenters. The summed E-state index contributed by atoms with van der Waals surface area (Å²) in [4.78, 5) is 23.5. The Morgan fingerprint density at radius 1 is 1.44 bits per heavy atom. The number of carboxylic acid groups (broad SMARTS) is 1. The second kappa shape index (κ2) is 9.02. The van der Waals surface area contributed by atoms with Gasteiger partial charge in [0.25, 0.3) is 10.0 Å². The Morgan fingerprint density at radius 2 is 2.12 bits per heavy atom. The van der Waals surface area contributed by atoms with Crippen LogP contribution in [0.2, 0.25) is 0 Å². The molecule has 7 nitrogen and oxygen atoms in total. The lowest BCUT2D eigenvalue weighted by Crippen LogP contribution is -2.47. The molecule has 1 aromatic rings. The number of carbonyl (C=O) groups is 2. The number of piperidine rings is 1. The summed E-state index contributed by atoms with van der Waals surface area (Å²) in [7, 11) is -3.49. The highest BCUT2D eigenvalue weighted by molar-refractivity contribution is 7.98. The number of carboxylic acids is 1. The lowest BCUT2D eigenvalue weighted by Gasteiger charge is -2.30. The van der Waals surface area contributed by atoms with Gasteiger partial charge in [0.1, 0.15) is 10.3 Å². The lowest BCUT2D eigenvalue weighted by atomic mass is 9.96. The van der Waals surface area contributed by atoms with E-state index in [2.05, 4.69) is 5.32 Å². The van der Waals surface area contributed by atoms with Crippen LogP contribution in [-0.4, -0.2) is 60.8 Å². The summed E-state index contributed by atoms with van der Waals surface area (Å²) in [6, 6.07) is 2.37. The average Bonchev–Trinajstić information content (AvgIpc) is 3.13. The van der Waals surface area contributed by atoms with Gasteiger partial charge in [-0.1, -0.05) is 6.07 Å². The molecule has 2 heterocycles. The number of nitrogens with zero attached hydrogens (tertiary/aromatic N) is 1. The summed E-state index contributed by atoms with van der Waals surface area (Å²) in [5, 5.41) is 13.5. The van der Waals surface area contributed by atoms with Gasteiger partial charge in [-0.25, -0.2) is 13.2 Å². The predicted molar refractivity (Wildman–Crippen MR) is 98.4 cm³/mol. The van der Waals surface area contributed by atoms with E-state index in [-0.39, 0.29) is 24.9 Å². The number of carbonyl (C=O) groups excluding carboxylic acids is 1. The van der Waals surface area contributed by atoms with Crippen molar-refractivity contribution >= 4 is 45.0 Å². The highest BCUT2D eigenvalue weighted by Gasteiger charge is 2.33. The van der Waals surface area contributed by atoms with E-state index in [0.717, 1.165) is 0 Å². The molecule has 0 bridgehead atoms. The molecule has 0 aliphatic carbocycles. The Hall–Kier alpha value is -1.10. The third-order valence-electron chi connectivity index (χ3n) is 4.14. The second-order valence-electron chi connectivity index (χ2n) is 5.79. The van der Waals surface area contributed by atoms with Crippen molar-refractivity contribution in [2.24, 2.45) is 5.92 Å². The molecule has 1 saturated heterocycles. The fraction of sp³-hybridized carbons (Fsp3) is 0.600. The molecule has 0 saturated carbocycles. The highest BCUT2D eigenvalue weighted by Crippen LogP contribution is 2.26. The number of thioether (sulfide) groups is 1. The first-order chi connectivity index (χ1) is 11.9. The monoisotopic (exact) mass is 406 g/mol. The van der Waals surface area contributed by atoms with Gasteiger partial charge in [-0.05, 0) is 42.7 Å². The van der Waals surface area contributed by atoms with Gasteiger partial charge in [0.05, 0.1) is 0 Å². The number of hydrogen-bond acceptors (Lipinski definition) is 6. The van der Waals surface area contributed by atoms with Crippen molar-refractivity contribution < 1.29 is 23.1 Å². The second-order valence-corrected chi connectivity index (χ2v) is 9.89. The molecule has 1 aliphatic rings. The van der Waals surface area contributed by atoms with Crippen molar-refractivity contribution in [1.29, 1.82) is 0 Å². The van der Waals surface area contributed by atoms with E-state index in [1.807, 2.05) is 6.26 Å². The van der Waals surface area contributed by atoms with Crippen LogP contribution in [0.1, 0.15) is 19.3 Å². The summed E-state index contributed by atoms with van der Waals surface area (Å²) >= 11 is 2.70. The van der Waals surface area contributed by atoms with Crippen molar-refractivity contribution in [3.8, 4) is 0 Å². The van der Waals surface area contributed by atoms with Crippen LogP contribution in [0.3, 0.4) is 0 Å². The molecule has 1 aromatic heterocycles. The van der Waals surface area contributed by atoms with Crippen LogP contribution in [0.5, 0.6) is 0 Å². The zero-order valence-corrected chi connectivity index (χ0v) is 16.3. The van der Waals surface area contributed by atoms with E-state index < -0.39 is 22.0 Å². The first-order valence-electron chi connectivity index (χ1n) is 7.92. The van der Waals surface area contributed by atoms with Crippen LogP contribution >= 0.6 is 23.1 Å². The minimum absolute atomic E-state index is 0.265. The van der Waals surface area contributed by atoms with Crippen molar-refractivity contribution in [2.45, 2.75) is 29.5 Å². The van der Waals surface area contributed by atoms with Crippen LogP contribution in [-0.2, 0) is 19.6 Å². The smallest absolute Gasteiger partial charge is 0.326 e. The maximum Gasteiger partial charge on any atom is 0.326 e. The Morgan fingerprint density at radius 3 is 2.64 bits per heavy atom. The maximum atomic E-state index is 12.5. The summed E-state index contributed by atoms with van der Waals surface area (Å²) in [5.74, 6) is -1.05. The Balaban J connectivity index is 1.91. The zero-order valence-electron chi connectivity index (χ0n) is 13.9. The largest absolute Gasteiger partial charge is 0.480 e. The van der Waals surface area contributed by atoms with Crippen LogP contribution < -0.4 is 5.32 Å². The van der Waals surface area contributed by atoms with Crippen molar-refractivity contribution in [1.82, 2.24) is 9.62 Å². The van der Waals surface area contributed by atoms with Crippen molar-refractivity contribution in [2.75, 3.05) is 25.1 Å². The molecule has 1 unspecified atom stereocenters. The van der Waals surface area contributed by atoms with Crippen LogP contribution in [0, 0.1) is 5.92 Å². The molecular formula is C15H22N2O5S3. The third-order valence-corrected chi connectivity index (χ3v) is 8.05. The van der Waals surface area contributed by atoms with Crippen LogP contribution in [0.15, 0.2) is 21.7 Å². The van der Waals surface area contributed by atoms with Gasteiger partial charge in [0, 0.05) is 19.0 Å². The molecule has 0 radical (unpaired) electrons.